The molecule has 0 saturated heterocycles. The molecular formula is C17H18N2O2S. The Hall–Kier alpha value is -2.01. The molecule has 2 aromatic rings. The van der Waals surface area contributed by atoms with Crippen molar-refractivity contribution in [1.29, 1.82) is 5.41 Å². The van der Waals surface area contributed by atoms with E-state index < -0.39 is 0 Å². The van der Waals surface area contributed by atoms with E-state index in [1.54, 1.807) is 23.9 Å². The van der Waals surface area contributed by atoms with Gasteiger partial charge in [-0.25, -0.2) is 0 Å². The first kappa shape index (κ1) is 14.9. The number of phenolic OH excluding ortho intramolecular Hbond substituents is 1. The van der Waals surface area contributed by atoms with Crippen LogP contribution < -0.4 is 5.56 Å². The molecule has 0 radical (unpaired) electrons. The molecule has 3 rings (SSSR count). The summed E-state index contributed by atoms with van der Waals surface area (Å²) in [5, 5.41) is 18.2. The Labute approximate surface area is 133 Å². The fraction of sp³-hybridized carbons (Fsp3) is 0.294. The normalized spacial score (nSPS) is 13.6. The molecule has 0 saturated carbocycles. The van der Waals surface area contributed by atoms with Crippen molar-refractivity contribution in [3.05, 3.63) is 56.9 Å². The summed E-state index contributed by atoms with van der Waals surface area (Å²) < 4.78 is 0. The highest BCUT2D eigenvalue weighted by Gasteiger charge is 2.19. The summed E-state index contributed by atoms with van der Waals surface area (Å²) in [6.45, 7) is 0. The summed E-state index contributed by atoms with van der Waals surface area (Å²) in [5.74, 6) is 0.890. The first-order valence-electron chi connectivity index (χ1n) is 7.39. The molecular weight excluding hydrogens is 296 g/mol. The van der Waals surface area contributed by atoms with Gasteiger partial charge in [-0.15, -0.1) is 11.8 Å². The van der Waals surface area contributed by atoms with E-state index in [1.807, 2.05) is 12.1 Å². The van der Waals surface area contributed by atoms with Gasteiger partial charge in [-0.2, -0.15) is 0 Å². The molecule has 0 fully saturated rings. The first-order valence-corrected chi connectivity index (χ1v) is 8.37. The van der Waals surface area contributed by atoms with Gasteiger partial charge in [0.15, 0.2) is 0 Å². The van der Waals surface area contributed by atoms with Crippen molar-refractivity contribution in [2.75, 3.05) is 0 Å². The largest absolute Gasteiger partial charge is 0.508 e. The Kier molecular flexibility index (Phi) is 4.34. The minimum absolute atomic E-state index is 0.185. The van der Waals surface area contributed by atoms with Crippen LogP contribution in [0, 0.1) is 5.41 Å². The minimum Gasteiger partial charge on any atom is -0.508 e. The molecule has 1 aromatic heterocycles. The second-order valence-electron chi connectivity index (χ2n) is 5.42. The molecule has 0 atom stereocenters. The minimum atomic E-state index is -0.185. The van der Waals surface area contributed by atoms with Crippen LogP contribution in [-0.2, 0) is 18.6 Å². The van der Waals surface area contributed by atoms with Crippen LogP contribution in [0.4, 0.5) is 0 Å². The molecule has 0 unspecified atom stereocenters. The molecule has 0 amide bonds. The Morgan fingerprint density at radius 3 is 2.68 bits per heavy atom. The molecule has 1 aliphatic rings. The number of rotatable bonds is 4. The van der Waals surface area contributed by atoms with Crippen LogP contribution in [0.1, 0.15) is 35.1 Å². The van der Waals surface area contributed by atoms with Gasteiger partial charge in [-0.05, 0) is 42.9 Å². The smallest absolute Gasteiger partial charge is 0.257 e. The number of aromatic amines is 1. The number of phenols is 1. The highest BCUT2D eigenvalue weighted by Crippen LogP contribution is 2.32. The zero-order chi connectivity index (χ0) is 15.5. The van der Waals surface area contributed by atoms with E-state index in [4.69, 9.17) is 5.41 Å². The molecule has 1 aromatic carbocycles. The lowest BCUT2D eigenvalue weighted by molar-refractivity contribution is 0.470. The van der Waals surface area contributed by atoms with Crippen LogP contribution in [0.5, 0.6) is 5.75 Å². The van der Waals surface area contributed by atoms with E-state index in [2.05, 4.69) is 4.98 Å². The van der Waals surface area contributed by atoms with Crippen LogP contribution in [0.25, 0.3) is 0 Å². The van der Waals surface area contributed by atoms with Gasteiger partial charge >= 0.3 is 0 Å². The number of thioether (sulfide) groups is 1. The van der Waals surface area contributed by atoms with E-state index in [9.17, 15) is 9.90 Å². The van der Waals surface area contributed by atoms with Crippen LogP contribution in [-0.4, -0.2) is 16.3 Å². The number of hydrogen-bond donors (Lipinski definition) is 3. The monoisotopic (exact) mass is 314 g/mol. The fourth-order valence-corrected chi connectivity index (χ4v) is 4.00. The van der Waals surface area contributed by atoms with Gasteiger partial charge in [0.2, 0.25) is 0 Å². The maximum Gasteiger partial charge on any atom is 0.257 e. The maximum absolute atomic E-state index is 12.2. The number of benzene rings is 1. The second-order valence-corrected chi connectivity index (χ2v) is 6.41. The van der Waals surface area contributed by atoms with Gasteiger partial charge in [0, 0.05) is 17.5 Å². The lowest BCUT2D eigenvalue weighted by atomic mass is 9.90. The highest BCUT2D eigenvalue weighted by molar-refractivity contribution is 7.98. The summed E-state index contributed by atoms with van der Waals surface area (Å²) in [6.07, 6.45) is 5.16. The topological polar surface area (TPSA) is 76.9 Å². The average Bonchev–Trinajstić information content (AvgIpc) is 2.54. The SMILES string of the molecule is N=Cc1c2c(c(SCc3ccccc3O)[nH]c1=O)CCCC2. The molecule has 3 N–H and O–H groups in total. The third-order valence-electron chi connectivity index (χ3n) is 4.05. The second kappa shape index (κ2) is 6.40. The predicted octanol–water partition coefficient (Wildman–Crippen LogP) is 3.25. The van der Waals surface area contributed by atoms with Crippen LogP contribution in [0.15, 0.2) is 34.1 Å². The number of para-hydroxylation sites is 1. The van der Waals surface area contributed by atoms with Gasteiger partial charge in [0.25, 0.3) is 5.56 Å². The van der Waals surface area contributed by atoms with E-state index in [1.165, 1.54) is 11.8 Å². The average molecular weight is 314 g/mol. The summed E-state index contributed by atoms with van der Waals surface area (Å²) in [4.78, 5) is 15.1. The molecule has 5 heteroatoms. The number of aromatic nitrogens is 1. The van der Waals surface area contributed by atoms with Crippen LogP contribution >= 0.6 is 11.8 Å². The van der Waals surface area contributed by atoms with Crippen molar-refractivity contribution in [3.63, 3.8) is 0 Å². The third kappa shape index (κ3) is 2.81. The number of hydrogen-bond acceptors (Lipinski definition) is 4. The molecule has 0 bridgehead atoms. The van der Waals surface area contributed by atoms with Crippen LogP contribution in [0.2, 0.25) is 0 Å². The zero-order valence-electron chi connectivity index (χ0n) is 12.2. The molecule has 0 spiro atoms. The van der Waals surface area contributed by atoms with E-state index in [-0.39, 0.29) is 11.3 Å². The molecule has 4 nitrogen and oxygen atoms in total. The van der Waals surface area contributed by atoms with Crippen molar-refractivity contribution in [1.82, 2.24) is 4.98 Å². The number of pyridine rings is 1. The van der Waals surface area contributed by atoms with Crippen molar-refractivity contribution in [3.8, 4) is 5.75 Å². The van der Waals surface area contributed by atoms with Gasteiger partial charge < -0.3 is 15.5 Å². The third-order valence-corrected chi connectivity index (χ3v) is 5.14. The standard InChI is InChI=1S/C17H18N2O2S/c18-9-14-12-6-2-3-7-13(12)17(19-16(14)21)22-10-11-5-1-4-8-15(11)20/h1,4-5,8-9,18,20H,2-3,6-7,10H2,(H,19,21). The predicted molar refractivity (Wildman–Crippen MR) is 89.3 cm³/mol. The molecule has 0 aliphatic heterocycles. The highest BCUT2D eigenvalue weighted by atomic mass is 32.2. The first-order chi connectivity index (χ1) is 10.7. The molecule has 22 heavy (non-hydrogen) atoms. The van der Waals surface area contributed by atoms with Crippen LogP contribution in [0.3, 0.4) is 0 Å². The van der Waals surface area contributed by atoms with Crippen molar-refractivity contribution in [2.24, 2.45) is 0 Å². The van der Waals surface area contributed by atoms with E-state index in [0.717, 1.165) is 41.8 Å². The van der Waals surface area contributed by atoms with Crippen molar-refractivity contribution < 1.29 is 5.11 Å². The van der Waals surface area contributed by atoms with Gasteiger partial charge in [-0.1, -0.05) is 18.2 Å². The maximum atomic E-state index is 12.2. The summed E-state index contributed by atoms with van der Waals surface area (Å²) >= 11 is 1.55. The van der Waals surface area contributed by atoms with E-state index >= 15 is 0 Å². The quantitative estimate of drug-likeness (QED) is 0.599. The molecule has 114 valence electrons. The zero-order valence-corrected chi connectivity index (χ0v) is 13.0. The molecule has 1 heterocycles. The number of fused-ring (bicyclic) bond motifs is 1. The summed E-state index contributed by atoms with van der Waals surface area (Å²) in [6, 6.07) is 7.25. The number of nitrogens with one attached hydrogen (secondary N) is 2. The fourth-order valence-electron chi connectivity index (χ4n) is 2.89. The summed E-state index contributed by atoms with van der Waals surface area (Å²) in [7, 11) is 0. The van der Waals surface area contributed by atoms with Gasteiger partial charge in [0.1, 0.15) is 5.75 Å². The number of aromatic hydroxyl groups is 1. The lowest BCUT2D eigenvalue weighted by Gasteiger charge is -2.20. The lowest BCUT2D eigenvalue weighted by Crippen LogP contribution is -2.21. The Bertz CT molecular complexity index is 768. The van der Waals surface area contributed by atoms with Crippen molar-refractivity contribution in [2.45, 2.75) is 36.5 Å². The number of H-pyrrole nitrogens is 1. The summed E-state index contributed by atoms with van der Waals surface area (Å²) in [5.41, 5.74) is 3.38. The Morgan fingerprint density at radius 2 is 1.95 bits per heavy atom. The Morgan fingerprint density at radius 1 is 1.23 bits per heavy atom. The Balaban J connectivity index is 1.94. The van der Waals surface area contributed by atoms with Gasteiger partial charge in [-0.3, -0.25) is 4.79 Å². The van der Waals surface area contributed by atoms with E-state index in [0.29, 0.717) is 11.3 Å². The molecule has 1 aliphatic carbocycles. The van der Waals surface area contributed by atoms with Gasteiger partial charge in [0.05, 0.1) is 10.6 Å². The van der Waals surface area contributed by atoms with Crippen molar-refractivity contribution >= 4 is 18.0 Å².